The van der Waals surface area contributed by atoms with Crippen LogP contribution in [0.3, 0.4) is 0 Å². The molecule has 0 atom stereocenters. The Labute approximate surface area is 122 Å². The summed E-state index contributed by atoms with van der Waals surface area (Å²) in [5.41, 5.74) is 0.236. The summed E-state index contributed by atoms with van der Waals surface area (Å²) in [7, 11) is 0. The molecule has 0 aliphatic heterocycles. The minimum absolute atomic E-state index is 0.147. The maximum atomic E-state index is 11.8. The van der Waals surface area contributed by atoms with E-state index in [2.05, 4.69) is 20.9 Å². The lowest BCUT2D eigenvalue weighted by Gasteiger charge is -2.06. The van der Waals surface area contributed by atoms with Crippen LogP contribution in [0.5, 0.6) is 5.75 Å². The molecule has 0 amide bonds. The summed E-state index contributed by atoms with van der Waals surface area (Å²) in [6, 6.07) is 8.45. The number of aromatic nitrogens is 1. The number of pyridine rings is 1. The summed E-state index contributed by atoms with van der Waals surface area (Å²) in [6.45, 7) is 0. The van der Waals surface area contributed by atoms with Gasteiger partial charge in [0.1, 0.15) is 10.9 Å². The highest BCUT2D eigenvalue weighted by atomic mass is 79.9. The molecule has 1 heterocycles. The molecule has 0 radical (unpaired) electrons. The van der Waals surface area contributed by atoms with Gasteiger partial charge in [-0.2, -0.15) is 0 Å². The number of carbonyl (C=O) groups is 1. The Morgan fingerprint density at radius 2 is 2.00 bits per heavy atom. The largest absolute Gasteiger partial charge is 0.422 e. The van der Waals surface area contributed by atoms with E-state index in [-0.39, 0.29) is 15.7 Å². The first-order chi connectivity index (χ1) is 8.58. The number of para-hydroxylation sites is 1. The molecule has 0 fully saturated rings. The predicted octanol–water partition coefficient (Wildman–Crippen LogP) is 4.37. The molecule has 92 valence electrons. The Balaban J connectivity index is 2.22. The minimum Gasteiger partial charge on any atom is -0.422 e. The molecule has 0 aliphatic rings. The van der Waals surface area contributed by atoms with Gasteiger partial charge >= 0.3 is 5.97 Å². The van der Waals surface area contributed by atoms with Crippen LogP contribution in [0.2, 0.25) is 10.2 Å². The third kappa shape index (κ3) is 3.02. The summed E-state index contributed by atoms with van der Waals surface area (Å²) in [6.07, 6.45) is 1.31. The molecule has 0 saturated carbocycles. The topological polar surface area (TPSA) is 39.2 Å². The minimum atomic E-state index is -0.548. The Kier molecular flexibility index (Phi) is 4.22. The van der Waals surface area contributed by atoms with Gasteiger partial charge in [-0.05, 0) is 34.1 Å². The Morgan fingerprint density at radius 1 is 1.28 bits per heavy atom. The van der Waals surface area contributed by atoms with E-state index in [0.29, 0.717) is 10.2 Å². The smallest absolute Gasteiger partial charge is 0.345 e. The van der Waals surface area contributed by atoms with Crippen LogP contribution in [0.1, 0.15) is 10.4 Å². The van der Waals surface area contributed by atoms with Crippen molar-refractivity contribution in [1.82, 2.24) is 4.98 Å². The van der Waals surface area contributed by atoms with Crippen molar-refractivity contribution in [2.75, 3.05) is 0 Å². The van der Waals surface area contributed by atoms with Gasteiger partial charge in [0, 0.05) is 6.20 Å². The van der Waals surface area contributed by atoms with Crippen molar-refractivity contribution >= 4 is 45.1 Å². The zero-order valence-electron chi connectivity index (χ0n) is 8.86. The number of ether oxygens (including phenoxy) is 1. The average Bonchev–Trinajstić information content (AvgIpc) is 2.35. The van der Waals surface area contributed by atoms with E-state index in [1.807, 2.05) is 6.07 Å². The highest BCUT2D eigenvalue weighted by molar-refractivity contribution is 9.10. The summed E-state index contributed by atoms with van der Waals surface area (Å²) >= 11 is 14.7. The van der Waals surface area contributed by atoms with Gasteiger partial charge in [0.2, 0.25) is 0 Å². The number of hydrogen-bond acceptors (Lipinski definition) is 3. The fourth-order valence-electron chi connectivity index (χ4n) is 1.22. The number of rotatable bonds is 2. The third-order valence-electron chi connectivity index (χ3n) is 2.07. The van der Waals surface area contributed by atoms with Gasteiger partial charge in [-0.25, -0.2) is 9.78 Å². The normalized spacial score (nSPS) is 10.2. The number of hydrogen-bond donors (Lipinski definition) is 0. The van der Waals surface area contributed by atoms with E-state index < -0.39 is 5.97 Å². The van der Waals surface area contributed by atoms with Crippen LogP contribution in [-0.2, 0) is 0 Å². The van der Waals surface area contributed by atoms with Crippen molar-refractivity contribution in [3.05, 3.63) is 56.7 Å². The molecule has 0 N–H and O–H groups in total. The first kappa shape index (κ1) is 13.3. The molecule has 6 heteroatoms. The van der Waals surface area contributed by atoms with Crippen molar-refractivity contribution in [1.29, 1.82) is 0 Å². The van der Waals surface area contributed by atoms with Gasteiger partial charge in [-0.3, -0.25) is 0 Å². The number of halogens is 3. The first-order valence-electron chi connectivity index (χ1n) is 4.85. The molecule has 3 nitrogen and oxygen atoms in total. The SMILES string of the molecule is O=C(Oc1ccccc1Br)c1cnc(Cl)c(Cl)c1. The summed E-state index contributed by atoms with van der Waals surface area (Å²) in [5.74, 6) is -0.124. The van der Waals surface area contributed by atoms with Crippen molar-refractivity contribution in [2.45, 2.75) is 0 Å². The van der Waals surface area contributed by atoms with Gasteiger partial charge in [0.15, 0.2) is 0 Å². The quantitative estimate of drug-likeness (QED) is 0.460. The molecule has 0 spiro atoms. The Morgan fingerprint density at radius 3 is 2.67 bits per heavy atom. The lowest BCUT2D eigenvalue weighted by atomic mass is 10.3. The lowest BCUT2D eigenvalue weighted by molar-refractivity contribution is 0.0733. The molecular formula is C12H6BrCl2NO2. The predicted molar refractivity (Wildman–Crippen MR) is 73.4 cm³/mol. The molecule has 0 aliphatic carbocycles. The fourth-order valence-corrected chi connectivity index (χ4v) is 1.85. The molecule has 1 aromatic carbocycles. The molecule has 0 saturated heterocycles. The maximum Gasteiger partial charge on any atom is 0.345 e. The van der Waals surface area contributed by atoms with E-state index in [0.717, 1.165) is 0 Å². The van der Waals surface area contributed by atoms with Crippen molar-refractivity contribution in [3.63, 3.8) is 0 Å². The van der Waals surface area contributed by atoms with E-state index in [1.54, 1.807) is 18.2 Å². The van der Waals surface area contributed by atoms with Crippen molar-refractivity contribution in [2.24, 2.45) is 0 Å². The monoisotopic (exact) mass is 345 g/mol. The maximum absolute atomic E-state index is 11.8. The summed E-state index contributed by atoms with van der Waals surface area (Å²) in [5, 5.41) is 0.354. The van der Waals surface area contributed by atoms with Gasteiger partial charge in [0.25, 0.3) is 0 Å². The first-order valence-corrected chi connectivity index (χ1v) is 6.40. The molecule has 1 aromatic heterocycles. The van der Waals surface area contributed by atoms with E-state index in [9.17, 15) is 4.79 Å². The van der Waals surface area contributed by atoms with E-state index in [4.69, 9.17) is 27.9 Å². The van der Waals surface area contributed by atoms with E-state index in [1.165, 1.54) is 12.3 Å². The van der Waals surface area contributed by atoms with Crippen LogP contribution in [0.4, 0.5) is 0 Å². The second kappa shape index (κ2) is 5.69. The Hall–Kier alpha value is -1.10. The summed E-state index contributed by atoms with van der Waals surface area (Å²) in [4.78, 5) is 15.6. The number of carbonyl (C=O) groups excluding carboxylic acids is 1. The van der Waals surface area contributed by atoms with Crippen LogP contribution in [0.15, 0.2) is 41.0 Å². The summed E-state index contributed by atoms with van der Waals surface area (Å²) < 4.78 is 5.88. The Bertz CT molecular complexity index is 604. The van der Waals surface area contributed by atoms with E-state index >= 15 is 0 Å². The number of esters is 1. The van der Waals surface area contributed by atoms with Crippen LogP contribution >= 0.6 is 39.1 Å². The average molecular weight is 347 g/mol. The van der Waals surface area contributed by atoms with Gasteiger partial charge < -0.3 is 4.74 Å². The van der Waals surface area contributed by atoms with Crippen LogP contribution < -0.4 is 4.74 Å². The van der Waals surface area contributed by atoms with Crippen molar-refractivity contribution < 1.29 is 9.53 Å². The highest BCUT2D eigenvalue weighted by Crippen LogP contribution is 2.25. The van der Waals surface area contributed by atoms with Crippen LogP contribution in [-0.4, -0.2) is 11.0 Å². The molecule has 0 bridgehead atoms. The molecule has 0 unspecified atom stereocenters. The third-order valence-corrected chi connectivity index (χ3v) is 3.41. The molecular weight excluding hydrogens is 341 g/mol. The zero-order valence-corrected chi connectivity index (χ0v) is 12.0. The highest BCUT2D eigenvalue weighted by Gasteiger charge is 2.12. The second-order valence-electron chi connectivity index (χ2n) is 3.32. The molecule has 18 heavy (non-hydrogen) atoms. The number of nitrogens with zero attached hydrogens (tertiary/aromatic N) is 1. The fraction of sp³-hybridized carbons (Fsp3) is 0. The van der Waals surface area contributed by atoms with Crippen molar-refractivity contribution in [3.8, 4) is 5.75 Å². The lowest BCUT2D eigenvalue weighted by Crippen LogP contribution is -2.09. The van der Waals surface area contributed by atoms with Gasteiger partial charge in [-0.15, -0.1) is 0 Å². The molecule has 2 rings (SSSR count). The standard InChI is InChI=1S/C12H6BrCl2NO2/c13-8-3-1-2-4-10(8)18-12(17)7-5-9(14)11(15)16-6-7/h1-6H. The zero-order chi connectivity index (χ0) is 13.1. The van der Waals surface area contributed by atoms with Crippen LogP contribution in [0, 0.1) is 0 Å². The van der Waals surface area contributed by atoms with Crippen LogP contribution in [0.25, 0.3) is 0 Å². The molecule has 2 aromatic rings. The van der Waals surface area contributed by atoms with Gasteiger partial charge in [-0.1, -0.05) is 35.3 Å². The number of benzene rings is 1. The van der Waals surface area contributed by atoms with Gasteiger partial charge in [0.05, 0.1) is 15.1 Å². The second-order valence-corrected chi connectivity index (χ2v) is 4.94.